The average molecular weight is 344 g/mol. The van der Waals surface area contributed by atoms with Crippen molar-refractivity contribution < 1.29 is 14.3 Å². The van der Waals surface area contributed by atoms with E-state index >= 15 is 0 Å². The molecule has 0 spiro atoms. The molecule has 0 unspecified atom stereocenters. The first-order chi connectivity index (χ1) is 11.8. The summed E-state index contributed by atoms with van der Waals surface area (Å²) in [5, 5.41) is 3.90. The van der Waals surface area contributed by atoms with Crippen LogP contribution in [0.4, 0.5) is 0 Å². The van der Waals surface area contributed by atoms with Crippen LogP contribution in [0.3, 0.4) is 0 Å². The van der Waals surface area contributed by atoms with Crippen LogP contribution in [-0.4, -0.2) is 30.0 Å². The van der Waals surface area contributed by atoms with Crippen LogP contribution >= 0.6 is 0 Å². The summed E-state index contributed by atoms with van der Waals surface area (Å²) in [6.45, 7) is 8.11. The van der Waals surface area contributed by atoms with Crippen molar-refractivity contribution in [2.45, 2.75) is 53.0 Å². The van der Waals surface area contributed by atoms with E-state index < -0.39 is 12.0 Å². The van der Waals surface area contributed by atoms with Crippen LogP contribution in [-0.2, 0) is 27.2 Å². The highest BCUT2D eigenvalue weighted by atomic mass is 16.5. The molecule has 0 saturated heterocycles. The molecule has 2 rings (SSSR count). The minimum atomic E-state index is -0.603. The summed E-state index contributed by atoms with van der Waals surface area (Å²) in [4.78, 5) is 27.8. The van der Waals surface area contributed by atoms with E-state index in [4.69, 9.17) is 4.74 Å². The minimum Gasteiger partial charge on any atom is -0.467 e. The zero-order chi connectivity index (χ0) is 18.6. The number of amides is 1. The van der Waals surface area contributed by atoms with Crippen LogP contribution in [0, 0.1) is 12.8 Å². The fourth-order valence-corrected chi connectivity index (χ4v) is 3.11. The third-order valence-corrected chi connectivity index (χ3v) is 4.46. The Morgan fingerprint density at radius 1 is 1.28 bits per heavy atom. The topological polar surface area (TPSA) is 71.2 Å². The van der Waals surface area contributed by atoms with Gasteiger partial charge >= 0.3 is 5.97 Å². The number of aromatic amines is 1. The maximum absolute atomic E-state index is 12.5. The standard InChI is InChI=1S/C20H28N2O3/c1-6-14-7-8-17-16(10-14)15(13(4)21-17)11-19(23)22-18(9-12(2)3)20(24)25-5/h7-8,10,12,18,21H,6,9,11H2,1-5H3,(H,22,23)/t18-/m1/s1. The summed E-state index contributed by atoms with van der Waals surface area (Å²) in [6.07, 6.45) is 1.75. The SMILES string of the molecule is CCc1ccc2[nH]c(C)c(CC(=O)N[C@H](CC(C)C)C(=O)OC)c2c1. The van der Waals surface area contributed by atoms with Gasteiger partial charge in [0.25, 0.3) is 0 Å². The van der Waals surface area contributed by atoms with E-state index in [9.17, 15) is 9.59 Å². The zero-order valence-corrected chi connectivity index (χ0v) is 15.7. The first-order valence-corrected chi connectivity index (χ1v) is 8.82. The largest absolute Gasteiger partial charge is 0.467 e. The number of carbonyl (C=O) groups excluding carboxylic acids is 2. The Morgan fingerprint density at radius 2 is 2.00 bits per heavy atom. The average Bonchev–Trinajstić information content (AvgIpc) is 2.88. The molecule has 1 heterocycles. The highest BCUT2D eigenvalue weighted by Gasteiger charge is 2.23. The van der Waals surface area contributed by atoms with E-state index in [1.807, 2.05) is 20.8 Å². The Bertz CT molecular complexity index is 762. The molecule has 2 N–H and O–H groups in total. The Balaban J connectivity index is 2.20. The fraction of sp³-hybridized carbons (Fsp3) is 0.500. The molecule has 0 bridgehead atoms. The van der Waals surface area contributed by atoms with Gasteiger partial charge in [0, 0.05) is 16.6 Å². The minimum absolute atomic E-state index is 0.165. The number of hydrogen-bond acceptors (Lipinski definition) is 3. The molecule has 0 aliphatic rings. The zero-order valence-electron chi connectivity index (χ0n) is 15.7. The number of esters is 1. The van der Waals surface area contributed by atoms with Gasteiger partial charge < -0.3 is 15.0 Å². The van der Waals surface area contributed by atoms with Crippen molar-refractivity contribution in [1.82, 2.24) is 10.3 Å². The maximum atomic E-state index is 12.5. The van der Waals surface area contributed by atoms with Crippen molar-refractivity contribution >= 4 is 22.8 Å². The molecule has 0 saturated carbocycles. The van der Waals surface area contributed by atoms with Crippen LogP contribution in [0.1, 0.15) is 44.0 Å². The predicted molar refractivity (Wildman–Crippen MR) is 99.5 cm³/mol. The van der Waals surface area contributed by atoms with E-state index in [1.165, 1.54) is 12.7 Å². The van der Waals surface area contributed by atoms with Gasteiger partial charge in [0.05, 0.1) is 13.5 Å². The van der Waals surface area contributed by atoms with Crippen molar-refractivity contribution in [3.63, 3.8) is 0 Å². The van der Waals surface area contributed by atoms with Gasteiger partial charge in [-0.15, -0.1) is 0 Å². The maximum Gasteiger partial charge on any atom is 0.328 e. The molecule has 1 aromatic heterocycles. The summed E-state index contributed by atoms with van der Waals surface area (Å²) in [7, 11) is 1.35. The number of fused-ring (bicyclic) bond motifs is 1. The summed E-state index contributed by atoms with van der Waals surface area (Å²) >= 11 is 0. The first kappa shape index (κ1) is 19.0. The summed E-state index contributed by atoms with van der Waals surface area (Å²) in [5.74, 6) is -0.278. The van der Waals surface area contributed by atoms with Crippen LogP contribution in [0.2, 0.25) is 0 Å². The Labute approximate surface area is 149 Å². The third-order valence-electron chi connectivity index (χ3n) is 4.46. The van der Waals surface area contributed by atoms with E-state index in [0.717, 1.165) is 28.6 Å². The molecular formula is C20H28N2O3. The number of hydrogen-bond donors (Lipinski definition) is 2. The Morgan fingerprint density at radius 3 is 2.60 bits per heavy atom. The number of rotatable bonds is 7. The van der Waals surface area contributed by atoms with Crippen LogP contribution in [0.15, 0.2) is 18.2 Å². The van der Waals surface area contributed by atoms with Crippen LogP contribution in [0.5, 0.6) is 0 Å². The number of aromatic nitrogens is 1. The molecule has 5 nitrogen and oxygen atoms in total. The van der Waals surface area contributed by atoms with Crippen molar-refractivity contribution in [2.24, 2.45) is 5.92 Å². The summed E-state index contributed by atoms with van der Waals surface area (Å²) in [5.41, 5.74) is 4.23. The number of nitrogens with one attached hydrogen (secondary N) is 2. The van der Waals surface area contributed by atoms with Gasteiger partial charge in [-0.05, 0) is 48.9 Å². The molecular weight excluding hydrogens is 316 g/mol. The van der Waals surface area contributed by atoms with E-state index in [0.29, 0.717) is 6.42 Å². The van der Waals surface area contributed by atoms with Crippen molar-refractivity contribution in [2.75, 3.05) is 7.11 Å². The molecule has 0 aliphatic carbocycles. The number of benzene rings is 1. The lowest BCUT2D eigenvalue weighted by molar-refractivity contribution is -0.145. The normalized spacial score (nSPS) is 12.4. The molecule has 136 valence electrons. The number of ether oxygens (including phenoxy) is 1. The fourth-order valence-electron chi connectivity index (χ4n) is 3.11. The molecule has 0 aliphatic heterocycles. The molecule has 5 heteroatoms. The smallest absolute Gasteiger partial charge is 0.328 e. The van der Waals surface area contributed by atoms with E-state index in [1.54, 1.807) is 0 Å². The van der Waals surface area contributed by atoms with Gasteiger partial charge in [0.2, 0.25) is 5.91 Å². The molecule has 25 heavy (non-hydrogen) atoms. The second-order valence-corrected chi connectivity index (χ2v) is 6.91. The van der Waals surface area contributed by atoms with E-state index in [2.05, 4.69) is 35.4 Å². The van der Waals surface area contributed by atoms with Crippen molar-refractivity contribution in [1.29, 1.82) is 0 Å². The van der Waals surface area contributed by atoms with Crippen LogP contribution < -0.4 is 5.32 Å². The van der Waals surface area contributed by atoms with Gasteiger partial charge in [-0.1, -0.05) is 26.8 Å². The second kappa shape index (κ2) is 8.19. The number of aryl methyl sites for hydroxylation is 2. The highest BCUT2D eigenvalue weighted by molar-refractivity contribution is 5.92. The van der Waals surface area contributed by atoms with Gasteiger partial charge in [-0.3, -0.25) is 4.79 Å². The lowest BCUT2D eigenvalue weighted by Gasteiger charge is -2.18. The lowest BCUT2D eigenvalue weighted by Crippen LogP contribution is -2.43. The number of carbonyl (C=O) groups is 2. The molecule has 1 atom stereocenters. The van der Waals surface area contributed by atoms with Gasteiger partial charge in [0.1, 0.15) is 6.04 Å². The molecule has 0 fully saturated rings. The third kappa shape index (κ3) is 4.62. The summed E-state index contributed by atoms with van der Waals surface area (Å²) in [6, 6.07) is 5.68. The van der Waals surface area contributed by atoms with Gasteiger partial charge in [-0.2, -0.15) is 0 Å². The second-order valence-electron chi connectivity index (χ2n) is 6.91. The number of methoxy groups -OCH3 is 1. The number of H-pyrrole nitrogens is 1. The monoisotopic (exact) mass is 344 g/mol. The Hall–Kier alpha value is -2.30. The quantitative estimate of drug-likeness (QED) is 0.757. The van der Waals surface area contributed by atoms with E-state index in [-0.39, 0.29) is 18.2 Å². The van der Waals surface area contributed by atoms with Gasteiger partial charge in [-0.25, -0.2) is 4.79 Å². The molecule has 0 radical (unpaired) electrons. The first-order valence-electron chi connectivity index (χ1n) is 8.82. The van der Waals surface area contributed by atoms with Crippen molar-refractivity contribution in [3.05, 3.63) is 35.0 Å². The Kier molecular flexibility index (Phi) is 6.23. The van der Waals surface area contributed by atoms with Crippen molar-refractivity contribution in [3.8, 4) is 0 Å². The molecule has 1 amide bonds. The lowest BCUT2D eigenvalue weighted by atomic mass is 10.0. The van der Waals surface area contributed by atoms with Crippen LogP contribution in [0.25, 0.3) is 10.9 Å². The molecule has 1 aromatic carbocycles. The predicted octanol–water partition coefficient (Wildman–Crippen LogP) is 3.29. The molecule has 2 aromatic rings. The highest BCUT2D eigenvalue weighted by Crippen LogP contribution is 2.24. The summed E-state index contributed by atoms with van der Waals surface area (Å²) < 4.78 is 4.81. The van der Waals surface area contributed by atoms with Gasteiger partial charge in [0.15, 0.2) is 0 Å².